The molecule has 1 aliphatic carbocycles. The van der Waals surface area contributed by atoms with Gasteiger partial charge in [0.05, 0.1) is 10.6 Å². The van der Waals surface area contributed by atoms with E-state index in [-0.39, 0.29) is 11.3 Å². The van der Waals surface area contributed by atoms with Gasteiger partial charge >= 0.3 is 0 Å². The molecule has 0 radical (unpaired) electrons. The van der Waals surface area contributed by atoms with Crippen molar-refractivity contribution in [1.29, 1.82) is 0 Å². The highest BCUT2D eigenvalue weighted by Crippen LogP contribution is 2.33. The monoisotopic (exact) mass is 349 g/mol. The zero-order valence-corrected chi connectivity index (χ0v) is 14.9. The topological polar surface area (TPSA) is 71.3 Å². The van der Waals surface area contributed by atoms with Gasteiger partial charge in [-0.2, -0.15) is 4.31 Å². The van der Waals surface area contributed by atoms with Crippen LogP contribution in [0.2, 0.25) is 0 Å². The molecule has 2 aliphatic rings. The first-order valence-electron chi connectivity index (χ1n) is 8.46. The van der Waals surface area contributed by atoms with Crippen molar-refractivity contribution in [3.05, 3.63) is 18.6 Å². The van der Waals surface area contributed by atoms with E-state index < -0.39 is 10.0 Å². The molecule has 7 nitrogen and oxygen atoms in total. The number of anilines is 1. The summed E-state index contributed by atoms with van der Waals surface area (Å²) in [6.45, 7) is 1.58. The number of aryl methyl sites for hydroxylation is 1. The van der Waals surface area contributed by atoms with Gasteiger partial charge in [-0.25, -0.2) is 18.4 Å². The first-order valence-corrected chi connectivity index (χ1v) is 9.96. The predicted octanol–water partition coefficient (Wildman–Crippen LogP) is 1.36. The van der Waals surface area contributed by atoms with Gasteiger partial charge in [-0.15, -0.1) is 0 Å². The van der Waals surface area contributed by atoms with Crippen LogP contribution in [0.4, 0.5) is 5.82 Å². The third-order valence-corrected chi connectivity index (χ3v) is 7.61. The van der Waals surface area contributed by atoms with Gasteiger partial charge in [0.1, 0.15) is 17.8 Å². The normalized spacial score (nSPS) is 22.5. The summed E-state index contributed by atoms with van der Waals surface area (Å²) in [5.74, 6) is 0.905. The van der Waals surface area contributed by atoms with E-state index in [9.17, 15) is 8.42 Å². The molecular formula is C16H23N5O2S. The first-order chi connectivity index (χ1) is 11.5. The maximum Gasteiger partial charge on any atom is 0.217 e. The van der Waals surface area contributed by atoms with Crippen LogP contribution in [0.3, 0.4) is 0 Å². The van der Waals surface area contributed by atoms with Crippen LogP contribution in [0.5, 0.6) is 0 Å². The lowest BCUT2D eigenvalue weighted by atomic mass is 10.1. The summed E-state index contributed by atoms with van der Waals surface area (Å²) in [7, 11) is 0.563. The molecule has 2 fully saturated rings. The maximum absolute atomic E-state index is 12.5. The number of likely N-dealkylation sites (N-methyl/N-ethyl adjacent to an activating group) is 1. The van der Waals surface area contributed by atoms with E-state index in [1.54, 1.807) is 17.7 Å². The number of rotatable bonds is 4. The molecule has 1 saturated carbocycles. The van der Waals surface area contributed by atoms with Crippen LogP contribution in [-0.2, 0) is 17.1 Å². The van der Waals surface area contributed by atoms with Crippen molar-refractivity contribution >= 4 is 26.9 Å². The van der Waals surface area contributed by atoms with Crippen molar-refractivity contribution in [2.45, 2.75) is 37.0 Å². The van der Waals surface area contributed by atoms with Gasteiger partial charge in [0.25, 0.3) is 0 Å². The Bertz CT molecular complexity index is 858. The molecule has 4 rings (SSSR count). The summed E-state index contributed by atoms with van der Waals surface area (Å²) >= 11 is 0. The third-order valence-electron chi connectivity index (χ3n) is 5.20. The highest BCUT2D eigenvalue weighted by atomic mass is 32.2. The molecule has 130 valence electrons. The first kappa shape index (κ1) is 15.8. The Balaban J connectivity index is 1.60. The number of nitrogens with zero attached hydrogens (tertiary/aromatic N) is 5. The van der Waals surface area contributed by atoms with Crippen LogP contribution in [-0.4, -0.2) is 58.7 Å². The lowest BCUT2D eigenvalue weighted by Gasteiger charge is -2.37. The molecule has 1 unspecified atom stereocenters. The fourth-order valence-corrected chi connectivity index (χ4v) is 5.36. The van der Waals surface area contributed by atoms with Crippen molar-refractivity contribution in [2.24, 2.45) is 7.05 Å². The Labute approximate surface area is 142 Å². The van der Waals surface area contributed by atoms with Gasteiger partial charge < -0.3 is 9.47 Å². The Morgan fingerprint density at radius 2 is 2.04 bits per heavy atom. The van der Waals surface area contributed by atoms with Crippen molar-refractivity contribution in [2.75, 3.05) is 25.0 Å². The summed E-state index contributed by atoms with van der Waals surface area (Å²) in [5, 5.41) is 0.867. The minimum atomic E-state index is -3.14. The second-order valence-corrected chi connectivity index (χ2v) is 9.14. The van der Waals surface area contributed by atoms with E-state index in [4.69, 9.17) is 0 Å². The molecule has 0 amide bonds. The Morgan fingerprint density at radius 1 is 1.25 bits per heavy atom. The lowest BCUT2D eigenvalue weighted by molar-refractivity contribution is 0.319. The van der Waals surface area contributed by atoms with E-state index in [0.717, 1.165) is 49.1 Å². The van der Waals surface area contributed by atoms with E-state index in [1.807, 2.05) is 23.9 Å². The summed E-state index contributed by atoms with van der Waals surface area (Å²) in [4.78, 5) is 11.0. The van der Waals surface area contributed by atoms with Crippen LogP contribution >= 0.6 is 0 Å². The quantitative estimate of drug-likeness (QED) is 0.833. The van der Waals surface area contributed by atoms with Crippen molar-refractivity contribution in [3.63, 3.8) is 0 Å². The minimum absolute atomic E-state index is 0.0121. The SMILES string of the molecule is CN(C1CCCN(c2ncnc3c2ccn3C)C1)S(=O)(=O)C1CC1. The number of hydrogen-bond donors (Lipinski definition) is 0. The van der Waals surface area contributed by atoms with Gasteiger partial charge in [0.2, 0.25) is 10.0 Å². The smallest absolute Gasteiger partial charge is 0.217 e. The molecule has 0 aromatic carbocycles. The second-order valence-electron chi connectivity index (χ2n) is 6.86. The highest BCUT2D eigenvalue weighted by molar-refractivity contribution is 7.90. The van der Waals surface area contributed by atoms with Gasteiger partial charge in [-0.1, -0.05) is 0 Å². The number of piperidine rings is 1. The van der Waals surface area contributed by atoms with Crippen molar-refractivity contribution in [1.82, 2.24) is 18.8 Å². The summed E-state index contributed by atoms with van der Waals surface area (Å²) < 4.78 is 28.6. The molecule has 2 aromatic rings. The Hall–Kier alpha value is -1.67. The maximum atomic E-state index is 12.5. The van der Waals surface area contributed by atoms with Crippen molar-refractivity contribution in [3.8, 4) is 0 Å². The predicted molar refractivity (Wildman–Crippen MR) is 93.4 cm³/mol. The van der Waals surface area contributed by atoms with Gasteiger partial charge in [-0.3, -0.25) is 0 Å². The van der Waals surface area contributed by atoms with Gasteiger partial charge in [0, 0.05) is 39.4 Å². The average molecular weight is 349 g/mol. The average Bonchev–Trinajstić information content (AvgIpc) is 3.39. The molecule has 1 saturated heterocycles. The molecule has 2 aromatic heterocycles. The molecule has 3 heterocycles. The standard InChI is InChI=1S/C16H23N5O2S/c1-19-9-7-14-15(19)17-11-18-16(14)21-8-3-4-12(10-21)20(2)24(22,23)13-5-6-13/h7,9,11-13H,3-6,8,10H2,1-2H3. The molecular weight excluding hydrogens is 326 g/mol. The Morgan fingerprint density at radius 3 is 2.79 bits per heavy atom. The largest absolute Gasteiger partial charge is 0.354 e. The molecule has 8 heteroatoms. The molecule has 1 atom stereocenters. The number of fused-ring (bicyclic) bond motifs is 1. The van der Waals surface area contributed by atoms with E-state index in [1.165, 1.54) is 0 Å². The van der Waals surface area contributed by atoms with E-state index in [0.29, 0.717) is 6.54 Å². The van der Waals surface area contributed by atoms with Crippen LogP contribution in [0.1, 0.15) is 25.7 Å². The van der Waals surface area contributed by atoms with Crippen LogP contribution in [0.15, 0.2) is 18.6 Å². The van der Waals surface area contributed by atoms with E-state index >= 15 is 0 Å². The lowest BCUT2D eigenvalue weighted by Crippen LogP contribution is -2.49. The fourth-order valence-electron chi connectivity index (χ4n) is 3.57. The van der Waals surface area contributed by atoms with Crippen LogP contribution < -0.4 is 4.90 Å². The number of hydrogen-bond acceptors (Lipinski definition) is 5. The van der Waals surface area contributed by atoms with Crippen molar-refractivity contribution < 1.29 is 8.42 Å². The zero-order valence-electron chi connectivity index (χ0n) is 14.1. The third kappa shape index (κ3) is 2.57. The molecule has 0 bridgehead atoms. The molecule has 0 spiro atoms. The molecule has 0 N–H and O–H groups in total. The number of sulfonamides is 1. The molecule has 1 aliphatic heterocycles. The summed E-state index contributed by atoms with van der Waals surface area (Å²) in [6.07, 6.45) is 7.05. The zero-order chi connectivity index (χ0) is 16.9. The van der Waals surface area contributed by atoms with Gasteiger partial charge in [-0.05, 0) is 31.7 Å². The molecule has 24 heavy (non-hydrogen) atoms. The summed E-state index contributed by atoms with van der Waals surface area (Å²) in [6, 6.07) is 2.04. The second kappa shape index (κ2) is 5.70. The minimum Gasteiger partial charge on any atom is -0.354 e. The van der Waals surface area contributed by atoms with Gasteiger partial charge in [0.15, 0.2) is 0 Å². The van der Waals surface area contributed by atoms with Crippen LogP contribution in [0, 0.1) is 0 Å². The highest BCUT2D eigenvalue weighted by Gasteiger charge is 2.41. The number of aromatic nitrogens is 3. The summed E-state index contributed by atoms with van der Waals surface area (Å²) in [5.41, 5.74) is 0.904. The fraction of sp³-hybridized carbons (Fsp3) is 0.625. The van der Waals surface area contributed by atoms with E-state index in [2.05, 4.69) is 14.9 Å². The Kier molecular flexibility index (Phi) is 3.76. The van der Waals surface area contributed by atoms with Crippen LogP contribution in [0.25, 0.3) is 11.0 Å².